The lowest BCUT2D eigenvalue weighted by atomic mass is 10.2. The minimum Gasteiger partial charge on any atom is -0.383 e. The highest BCUT2D eigenvalue weighted by Gasteiger charge is 2.10. The number of nitrogens with zero attached hydrogens (tertiary/aromatic N) is 2. The number of aromatic nitrogens is 1. The SMILES string of the molecule is C=CCN(CCOC)c1ccncc1CNC(C)C. The summed E-state index contributed by atoms with van der Waals surface area (Å²) >= 11 is 0. The van der Waals surface area contributed by atoms with Crippen molar-refractivity contribution in [3.63, 3.8) is 0 Å². The molecule has 1 aromatic rings. The first kappa shape index (κ1) is 15.7. The fourth-order valence-corrected chi connectivity index (χ4v) is 1.85. The first-order valence-electron chi connectivity index (χ1n) is 6.70. The molecule has 1 heterocycles. The fraction of sp³-hybridized carbons (Fsp3) is 0.533. The highest BCUT2D eigenvalue weighted by Crippen LogP contribution is 2.19. The summed E-state index contributed by atoms with van der Waals surface area (Å²) in [5.74, 6) is 0. The van der Waals surface area contributed by atoms with Gasteiger partial charge in [-0.15, -0.1) is 6.58 Å². The summed E-state index contributed by atoms with van der Waals surface area (Å²) in [6.07, 6.45) is 5.67. The summed E-state index contributed by atoms with van der Waals surface area (Å²) in [7, 11) is 1.72. The van der Waals surface area contributed by atoms with Gasteiger partial charge in [0, 0.05) is 56.4 Å². The topological polar surface area (TPSA) is 37.4 Å². The van der Waals surface area contributed by atoms with E-state index in [1.165, 1.54) is 11.3 Å². The van der Waals surface area contributed by atoms with Gasteiger partial charge in [0.25, 0.3) is 0 Å². The molecule has 0 bridgehead atoms. The second kappa shape index (κ2) is 8.67. The molecule has 0 radical (unpaired) electrons. The average molecular weight is 263 g/mol. The van der Waals surface area contributed by atoms with Gasteiger partial charge in [0.1, 0.15) is 0 Å². The monoisotopic (exact) mass is 263 g/mol. The smallest absolute Gasteiger partial charge is 0.0637 e. The van der Waals surface area contributed by atoms with Gasteiger partial charge in [-0.25, -0.2) is 0 Å². The second-order valence-electron chi connectivity index (χ2n) is 4.77. The summed E-state index contributed by atoms with van der Waals surface area (Å²) in [4.78, 5) is 6.48. The Labute approximate surface area is 116 Å². The first-order valence-corrected chi connectivity index (χ1v) is 6.70. The van der Waals surface area contributed by atoms with E-state index in [1.54, 1.807) is 7.11 Å². The molecule has 4 heteroatoms. The van der Waals surface area contributed by atoms with Crippen LogP contribution >= 0.6 is 0 Å². The number of ether oxygens (including phenoxy) is 1. The molecule has 106 valence electrons. The molecule has 0 aromatic carbocycles. The lowest BCUT2D eigenvalue weighted by Crippen LogP contribution is -2.30. The van der Waals surface area contributed by atoms with Crippen LogP contribution in [0.4, 0.5) is 5.69 Å². The van der Waals surface area contributed by atoms with Crippen LogP contribution in [0.1, 0.15) is 19.4 Å². The molecular weight excluding hydrogens is 238 g/mol. The predicted octanol–water partition coefficient (Wildman–Crippen LogP) is 2.22. The van der Waals surface area contributed by atoms with E-state index >= 15 is 0 Å². The number of rotatable bonds is 9. The summed E-state index contributed by atoms with van der Waals surface area (Å²) in [6.45, 7) is 11.3. The Morgan fingerprint density at radius 1 is 1.53 bits per heavy atom. The Kier molecular flexibility index (Phi) is 7.15. The Morgan fingerprint density at radius 2 is 2.32 bits per heavy atom. The maximum absolute atomic E-state index is 5.17. The molecule has 19 heavy (non-hydrogen) atoms. The van der Waals surface area contributed by atoms with Gasteiger partial charge >= 0.3 is 0 Å². The van der Waals surface area contributed by atoms with Crippen LogP contribution in [0, 0.1) is 0 Å². The van der Waals surface area contributed by atoms with Crippen LogP contribution in [0.25, 0.3) is 0 Å². The van der Waals surface area contributed by atoms with Crippen molar-refractivity contribution in [3.05, 3.63) is 36.7 Å². The van der Waals surface area contributed by atoms with E-state index in [0.29, 0.717) is 12.6 Å². The van der Waals surface area contributed by atoms with Gasteiger partial charge < -0.3 is 15.0 Å². The quantitative estimate of drug-likeness (QED) is 0.693. The first-order chi connectivity index (χ1) is 9.19. The molecular formula is C15H25N3O. The zero-order chi connectivity index (χ0) is 14.1. The van der Waals surface area contributed by atoms with Gasteiger partial charge in [-0.05, 0) is 6.07 Å². The molecule has 0 aliphatic rings. The van der Waals surface area contributed by atoms with Gasteiger partial charge in [0.05, 0.1) is 6.61 Å². The highest BCUT2D eigenvalue weighted by atomic mass is 16.5. The number of hydrogen-bond donors (Lipinski definition) is 1. The van der Waals surface area contributed by atoms with E-state index in [4.69, 9.17) is 4.74 Å². The molecule has 0 aliphatic carbocycles. The number of pyridine rings is 1. The summed E-state index contributed by atoms with van der Waals surface area (Å²) in [5, 5.41) is 3.43. The molecule has 0 fully saturated rings. The molecule has 1 aromatic heterocycles. The van der Waals surface area contributed by atoms with Gasteiger partial charge in [-0.2, -0.15) is 0 Å². The van der Waals surface area contributed by atoms with Crippen molar-refractivity contribution in [3.8, 4) is 0 Å². The Hall–Kier alpha value is -1.39. The summed E-state index contributed by atoms with van der Waals surface area (Å²) in [6, 6.07) is 2.51. The number of anilines is 1. The van der Waals surface area contributed by atoms with Crippen LogP contribution < -0.4 is 10.2 Å². The Bertz CT molecular complexity index is 379. The third kappa shape index (κ3) is 5.41. The standard InChI is InChI=1S/C15H25N3O/c1-5-8-18(9-10-19-4)15-6-7-16-11-14(15)12-17-13(2)3/h5-7,11,13,17H,1,8-10,12H2,2-4H3. The summed E-state index contributed by atoms with van der Waals surface area (Å²) in [5.41, 5.74) is 2.40. The average Bonchev–Trinajstić information content (AvgIpc) is 2.41. The zero-order valence-corrected chi connectivity index (χ0v) is 12.2. The summed E-state index contributed by atoms with van der Waals surface area (Å²) < 4.78 is 5.17. The molecule has 0 saturated carbocycles. The van der Waals surface area contributed by atoms with Crippen LogP contribution in [0.5, 0.6) is 0 Å². The minimum atomic E-state index is 0.458. The number of hydrogen-bond acceptors (Lipinski definition) is 4. The Morgan fingerprint density at radius 3 is 2.95 bits per heavy atom. The van der Waals surface area contributed by atoms with E-state index in [0.717, 1.165) is 19.6 Å². The lowest BCUT2D eigenvalue weighted by Gasteiger charge is -2.25. The van der Waals surface area contributed by atoms with Crippen molar-refractivity contribution >= 4 is 5.69 Å². The molecule has 4 nitrogen and oxygen atoms in total. The molecule has 0 unspecified atom stereocenters. The van der Waals surface area contributed by atoms with Crippen LogP contribution in [-0.2, 0) is 11.3 Å². The minimum absolute atomic E-state index is 0.458. The van der Waals surface area contributed by atoms with Crippen molar-refractivity contribution in [1.29, 1.82) is 0 Å². The number of methoxy groups -OCH3 is 1. The van der Waals surface area contributed by atoms with E-state index in [1.807, 2.05) is 18.5 Å². The van der Waals surface area contributed by atoms with Crippen molar-refractivity contribution in [1.82, 2.24) is 10.3 Å². The maximum atomic E-state index is 5.17. The third-order valence-electron chi connectivity index (χ3n) is 2.83. The third-order valence-corrected chi connectivity index (χ3v) is 2.83. The molecule has 0 amide bonds. The lowest BCUT2D eigenvalue weighted by molar-refractivity contribution is 0.205. The van der Waals surface area contributed by atoms with Gasteiger partial charge in [-0.1, -0.05) is 19.9 Å². The Balaban J connectivity index is 2.84. The normalized spacial score (nSPS) is 10.7. The van der Waals surface area contributed by atoms with Gasteiger partial charge in [-0.3, -0.25) is 4.98 Å². The van der Waals surface area contributed by atoms with E-state index in [2.05, 4.69) is 41.7 Å². The molecule has 1 N–H and O–H groups in total. The molecule has 0 atom stereocenters. The van der Waals surface area contributed by atoms with Crippen molar-refractivity contribution in [2.24, 2.45) is 0 Å². The number of nitrogens with one attached hydrogen (secondary N) is 1. The molecule has 0 saturated heterocycles. The van der Waals surface area contributed by atoms with Crippen LogP contribution in [0.15, 0.2) is 31.1 Å². The fourth-order valence-electron chi connectivity index (χ4n) is 1.85. The van der Waals surface area contributed by atoms with Gasteiger partial charge in [0.2, 0.25) is 0 Å². The van der Waals surface area contributed by atoms with E-state index in [-0.39, 0.29) is 0 Å². The molecule has 0 spiro atoms. The molecule has 1 rings (SSSR count). The van der Waals surface area contributed by atoms with Crippen molar-refractivity contribution in [2.75, 3.05) is 31.7 Å². The van der Waals surface area contributed by atoms with E-state index < -0.39 is 0 Å². The van der Waals surface area contributed by atoms with Crippen LogP contribution in [0.3, 0.4) is 0 Å². The largest absolute Gasteiger partial charge is 0.383 e. The van der Waals surface area contributed by atoms with Crippen molar-refractivity contribution < 1.29 is 4.74 Å². The van der Waals surface area contributed by atoms with Crippen molar-refractivity contribution in [2.45, 2.75) is 26.4 Å². The van der Waals surface area contributed by atoms with Crippen LogP contribution in [-0.4, -0.2) is 37.8 Å². The predicted molar refractivity (Wildman–Crippen MR) is 80.5 cm³/mol. The zero-order valence-electron chi connectivity index (χ0n) is 12.2. The van der Waals surface area contributed by atoms with E-state index in [9.17, 15) is 0 Å². The maximum Gasteiger partial charge on any atom is 0.0637 e. The molecule has 0 aliphatic heterocycles. The highest BCUT2D eigenvalue weighted by molar-refractivity contribution is 5.52. The second-order valence-corrected chi connectivity index (χ2v) is 4.77. The van der Waals surface area contributed by atoms with Gasteiger partial charge in [0.15, 0.2) is 0 Å². The van der Waals surface area contributed by atoms with Crippen LogP contribution in [0.2, 0.25) is 0 Å².